The highest BCUT2D eigenvalue weighted by Crippen LogP contribution is 2.20. The maximum absolute atomic E-state index is 5.32. The Morgan fingerprint density at radius 3 is 2.90 bits per heavy atom. The quantitative estimate of drug-likeness (QED) is 0.906. The first kappa shape index (κ1) is 13.1. The monoisotopic (exact) mass is 273 g/mol. The van der Waals surface area contributed by atoms with Crippen molar-refractivity contribution in [2.45, 2.75) is 31.7 Å². The second-order valence-corrected chi connectivity index (χ2v) is 5.07. The zero-order chi connectivity index (χ0) is 13.8. The molecular weight excluding hydrogens is 254 g/mol. The van der Waals surface area contributed by atoms with Crippen LogP contribution in [0.3, 0.4) is 0 Å². The highest BCUT2D eigenvalue weighted by Gasteiger charge is 2.16. The van der Waals surface area contributed by atoms with E-state index in [-0.39, 0.29) is 0 Å². The molecule has 0 saturated carbocycles. The average Bonchev–Trinajstić information content (AvgIpc) is 3.17. The van der Waals surface area contributed by atoms with Gasteiger partial charge in [-0.25, -0.2) is 0 Å². The van der Waals surface area contributed by atoms with Crippen LogP contribution in [0.1, 0.15) is 25.2 Å². The van der Waals surface area contributed by atoms with Crippen LogP contribution in [0.5, 0.6) is 5.75 Å². The van der Waals surface area contributed by atoms with E-state index in [0.717, 1.165) is 30.7 Å². The van der Waals surface area contributed by atoms with Gasteiger partial charge in [0, 0.05) is 18.0 Å². The van der Waals surface area contributed by atoms with Crippen LogP contribution in [0, 0.1) is 0 Å². The van der Waals surface area contributed by atoms with Crippen LogP contribution in [0.25, 0.3) is 11.4 Å². The molecule has 1 aliphatic rings. The smallest absolute Gasteiger partial charge is 0.227 e. The van der Waals surface area contributed by atoms with Crippen molar-refractivity contribution in [1.29, 1.82) is 0 Å². The van der Waals surface area contributed by atoms with Crippen molar-refractivity contribution in [2.75, 3.05) is 13.7 Å². The van der Waals surface area contributed by atoms with Crippen molar-refractivity contribution >= 4 is 0 Å². The van der Waals surface area contributed by atoms with E-state index in [1.807, 2.05) is 24.3 Å². The second-order valence-electron chi connectivity index (χ2n) is 5.07. The first-order valence-electron chi connectivity index (χ1n) is 7.05. The van der Waals surface area contributed by atoms with Gasteiger partial charge in [0.2, 0.25) is 11.7 Å². The van der Waals surface area contributed by atoms with E-state index in [0.29, 0.717) is 17.8 Å². The van der Waals surface area contributed by atoms with Gasteiger partial charge in [-0.15, -0.1) is 0 Å². The van der Waals surface area contributed by atoms with Crippen LogP contribution in [0.4, 0.5) is 0 Å². The maximum Gasteiger partial charge on any atom is 0.227 e. The summed E-state index contributed by atoms with van der Waals surface area (Å²) in [4.78, 5) is 4.45. The summed E-state index contributed by atoms with van der Waals surface area (Å²) in [6.07, 6.45) is 4.41. The third kappa shape index (κ3) is 2.99. The summed E-state index contributed by atoms with van der Waals surface area (Å²) in [6.45, 7) is 1.13. The predicted octanol–water partition coefficient (Wildman–Crippen LogP) is 2.43. The van der Waals surface area contributed by atoms with Gasteiger partial charge in [-0.1, -0.05) is 5.16 Å². The molecule has 1 unspecified atom stereocenters. The molecule has 2 aromatic rings. The number of aromatic nitrogens is 2. The zero-order valence-electron chi connectivity index (χ0n) is 11.6. The lowest BCUT2D eigenvalue weighted by atomic mass is 10.1. The van der Waals surface area contributed by atoms with Crippen molar-refractivity contribution in [3.63, 3.8) is 0 Å². The zero-order valence-corrected chi connectivity index (χ0v) is 11.6. The summed E-state index contributed by atoms with van der Waals surface area (Å²) in [5, 5.41) is 7.51. The third-order valence-corrected chi connectivity index (χ3v) is 3.69. The van der Waals surface area contributed by atoms with Gasteiger partial charge in [0.1, 0.15) is 5.75 Å². The highest BCUT2D eigenvalue weighted by molar-refractivity contribution is 5.55. The Morgan fingerprint density at radius 1 is 1.35 bits per heavy atom. The summed E-state index contributed by atoms with van der Waals surface area (Å²) in [7, 11) is 1.65. The largest absolute Gasteiger partial charge is 0.497 e. The number of nitrogens with zero attached hydrogens (tertiary/aromatic N) is 2. The average molecular weight is 273 g/mol. The van der Waals surface area contributed by atoms with Gasteiger partial charge in [0.25, 0.3) is 0 Å². The molecule has 0 radical (unpaired) electrons. The Kier molecular flexibility index (Phi) is 3.97. The van der Waals surface area contributed by atoms with Crippen molar-refractivity contribution in [2.24, 2.45) is 0 Å². The molecule has 0 bridgehead atoms. The van der Waals surface area contributed by atoms with E-state index >= 15 is 0 Å². The van der Waals surface area contributed by atoms with Gasteiger partial charge < -0.3 is 14.6 Å². The lowest BCUT2D eigenvalue weighted by molar-refractivity contribution is 0.368. The molecule has 5 heteroatoms. The fourth-order valence-electron chi connectivity index (χ4n) is 2.51. The highest BCUT2D eigenvalue weighted by atomic mass is 16.5. The number of nitrogens with one attached hydrogen (secondary N) is 1. The lowest BCUT2D eigenvalue weighted by Gasteiger charge is -2.06. The van der Waals surface area contributed by atoms with Gasteiger partial charge >= 0.3 is 0 Å². The molecule has 1 aromatic heterocycles. The van der Waals surface area contributed by atoms with Crippen LogP contribution < -0.4 is 10.1 Å². The van der Waals surface area contributed by atoms with E-state index in [9.17, 15) is 0 Å². The summed E-state index contributed by atoms with van der Waals surface area (Å²) in [6, 6.07) is 8.27. The van der Waals surface area contributed by atoms with Crippen molar-refractivity contribution in [3.05, 3.63) is 30.2 Å². The number of rotatable bonds is 5. The number of benzene rings is 1. The molecule has 5 nitrogen and oxygen atoms in total. The second kappa shape index (κ2) is 6.05. The molecule has 106 valence electrons. The summed E-state index contributed by atoms with van der Waals surface area (Å²) in [5.74, 6) is 2.18. The van der Waals surface area contributed by atoms with Gasteiger partial charge in [-0.05, 0) is 50.1 Å². The lowest BCUT2D eigenvalue weighted by Crippen LogP contribution is -2.21. The SMILES string of the molecule is COc1ccc(-c2noc(CCC3CCCN3)n2)cc1. The molecule has 0 aliphatic carbocycles. The molecule has 1 saturated heterocycles. The molecular formula is C15H19N3O2. The van der Waals surface area contributed by atoms with Crippen molar-refractivity contribution in [3.8, 4) is 17.1 Å². The fraction of sp³-hybridized carbons (Fsp3) is 0.467. The summed E-state index contributed by atoms with van der Waals surface area (Å²) >= 11 is 0. The Bertz CT molecular complexity index is 545. The summed E-state index contributed by atoms with van der Waals surface area (Å²) in [5.41, 5.74) is 0.944. The number of hydrogen-bond acceptors (Lipinski definition) is 5. The third-order valence-electron chi connectivity index (χ3n) is 3.69. The van der Waals surface area contributed by atoms with E-state index in [1.165, 1.54) is 12.8 Å². The van der Waals surface area contributed by atoms with E-state index in [2.05, 4.69) is 15.5 Å². The topological polar surface area (TPSA) is 60.2 Å². The number of methoxy groups -OCH3 is 1. The molecule has 1 N–H and O–H groups in total. The minimum absolute atomic E-state index is 0.603. The maximum atomic E-state index is 5.32. The van der Waals surface area contributed by atoms with E-state index < -0.39 is 0 Å². The Balaban J connectivity index is 1.62. The first-order valence-corrected chi connectivity index (χ1v) is 7.05. The molecule has 1 aliphatic heterocycles. The van der Waals surface area contributed by atoms with Crippen LogP contribution in [0.15, 0.2) is 28.8 Å². The predicted molar refractivity (Wildman–Crippen MR) is 75.6 cm³/mol. The Labute approximate surface area is 118 Å². The molecule has 3 rings (SSSR count). The van der Waals surface area contributed by atoms with Gasteiger partial charge in [0.05, 0.1) is 7.11 Å². The molecule has 20 heavy (non-hydrogen) atoms. The fourth-order valence-corrected chi connectivity index (χ4v) is 2.51. The molecule has 0 spiro atoms. The van der Waals surface area contributed by atoms with Crippen LogP contribution in [-0.4, -0.2) is 29.8 Å². The van der Waals surface area contributed by atoms with Gasteiger partial charge in [-0.2, -0.15) is 4.98 Å². The normalized spacial score (nSPS) is 18.4. The minimum atomic E-state index is 0.603. The van der Waals surface area contributed by atoms with E-state index in [1.54, 1.807) is 7.11 Å². The van der Waals surface area contributed by atoms with Crippen LogP contribution in [0.2, 0.25) is 0 Å². The number of ether oxygens (including phenoxy) is 1. The minimum Gasteiger partial charge on any atom is -0.497 e. The number of hydrogen-bond donors (Lipinski definition) is 1. The molecule has 1 fully saturated rings. The van der Waals surface area contributed by atoms with Crippen molar-refractivity contribution < 1.29 is 9.26 Å². The van der Waals surface area contributed by atoms with Gasteiger partial charge in [0.15, 0.2) is 0 Å². The number of aryl methyl sites for hydroxylation is 1. The standard InChI is InChI=1S/C15H19N3O2/c1-19-13-7-4-11(5-8-13)15-17-14(20-18-15)9-6-12-3-2-10-16-12/h4-5,7-8,12,16H,2-3,6,9-10H2,1H3. The van der Waals surface area contributed by atoms with Crippen LogP contribution in [-0.2, 0) is 6.42 Å². The van der Waals surface area contributed by atoms with E-state index in [4.69, 9.17) is 9.26 Å². The van der Waals surface area contributed by atoms with Crippen LogP contribution >= 0.6 is 0 Å². The Morgan fingerprint density at radius 2 is 2.20 bits per heavy atom. The summed E-state index contributed by atoms with van der Waals surface area (Å²) < 4.78 is 10.4. The Hall–Kier alpha value is -1.88. The van der Waals surface area contributed by atoms with Crippen molar-refractivity contribution in [1.82, 2.24) is 15.5 Å². The molecule has 2 heterocycles. The molecule has 1 aromatic carbocycles. The molecule has 1 atom stereocenters. The molecule has 0 amide bonds. The first-order chi connectivity index (χ1) is 9.85. The van der Waals surface area contributed by atoms with Gasteiger partial charge in [-0.3, -0.25) is 0 Å².